The lowest BCUT2D eigenvalue weighted by atomic mass is 10.0. The molecule has 0 aromatic carbocycles. The summed E-state index contributed by atoms with van der Waals surface area (Å²) in [6.45, 7) is 6.66. The van der Waals surface area contributed by atoms with E-state index in [2.05, 4.69) is 69.4 Å². The molecule has 0 saturated heterocycles. The minimum Gasteiger partial charge on any atom is -0.462 e. The van der Waals surface area contributed by atoms with Gasteiger partial charge in [-0.3, -0.25) is 14.4 Å². The van der Waals surface area contributed by atoms with Crippen LogP contribution in [0.5, 0.6) is 0 Å². The Morgan fingerprint density at radius 2 is 0.480 bits per heavy atom. The van der Waals surface area contributed by atoms with Crippen LogP contribution in [0.25, 0.3) is 0 Å². The molecule has 6 heteroatoms. The Morgan fingerprint density at radius 3 is 0.733 bits per heavy atom. The van der Waals surface area contributed by atoms with Crippen molar-refractivity contribution in [3.05, 3.63) is 48.6 Å². The van der Waals surface area contributed by atoms with Crippen LogP contribution in [0.1, 0.15) is 355 Å². The number of rotatable bonds is 61. The highest BCUT2D eigenvalue weighted by molar-refractivity contribution is 5.71. The number of esters is 3. The maximum atomic E-state index is 12.9. The van der Waals surface area contributed by atoms with Crippen LogP contribution in [-0.4, -0.2) is 37.2 Å². The average Bonchev–Trinajstić information content (AvgIpc) is 3.41. The molecule has 0 saturated carbocycles. The molecule has 0 aromatic heterocycles. The van der Waals surface area contributed by atoms with E-state index in [1.807, 2.05) is 0 Å². The molecule has 0 N–H and O–H groups in total. The Balaban J connectivity index is 4.24. The van der Waals surface area contributed by atoms with Crippen LogP contribution in [-0.2, 0) is 28.6 Å². The van der Waals surface area contributed by atoms with Crippen LogP contribution in [0.15, 0.2) is 48.6 Å². The topological polar surface area (TPSA) is 78.9 Å². The minimum atomic E-state index is -0.773. The van der Waals surface area contributed by atoms with E-state index in [9.17, 15) is 14.4 Å². The fraction of sp³-hybridized carbons (Fsp3) is 0.841. The quantitative estimate of drug-likeness (QED) is 0.0261. The maximum Gasteiger partial charge on any atom is 0.306 e. The Bertz CT molecular complexity index is 1300. The summed E-state index contributed by atoms with van der Waals surface area (Å²) in [6.07, 6.45) is 79.8. The summed E-state index contributed by atoms with van der Waals surface area (Å²) in [4.78, 5) is 38.3. The SMILES string of the molecule is CCCCCCC/C=C\C/C=C\CCCCCCCCCCCCCC(=O)OCC(COC(=O)CCCCCCCCCCCCC)OC(=O)CCCCCCCCCCCCC/C=C\C/C=C\CCCCCCC. The molecule has 0 spiro atoms. The van der Waals surface area contributed by atoms with Crippen molar-refractivity contribution in [3.8, 4) is 0 Å². The van der Waals surface area contributed by atoms with Crippen molar-refractivity contribution < 1.29 is 28.6 Å². The van der Waals surface area contributed by atoms with Crippen molar-refractivity contribution in [3.63, 3.8) is 0 Å². The molecule has 0 radical (unpaired) electrons. The van der Waals surface area contributed by atoms with Crippen molar-refractivity contribution in [2.75, 3.05) is 13.2 Å². The van der Waals surface area contributed by atoms with Gasteiger partial charge in [0.1, 0.15) is 13.2 Å². The fourth-order valence-electron chi connectivity index (χ4n) is 9.80. The van der Waals surface area contributed by atoms with Crippen LogP contribution in [0, 0.1) is 0 Å². The monoisotopic (exact) mass is 1050 g/mol. The predicted octanol–water partition coefficient (Wildman–Crippen LogP) is 22.6. The van der Waals surface area contributed by atoms with Gasteiger partial charge >= 0.3 is 17.9 Å². The summed E-state index contributed by atoms with van der Waals surface area (Å²) >= 11 is 0. The fourth-order valence-corrected chi connectivity index (χ4v) is 9.80. The number of unbranched alkanes of at least 4 members (excludes halogenated alkanes) is 42. The van der Waals surface area contributed by atoms with Crippen molar-refractivity contribution >= 4 is 17.9 Å². The molecular weight excluding hydrogens is 925 g/mol. The van der Waals surface area contributed by atoms with Gasteiger partial charge in [-0.15, -0.1) is 0 Å². The smallest absolute Gasteiger partial charge is 0.306 e. The van der Waals surface area contributed by atoms with Crippen LogP contribution in [0.4, 0.5) is 0 Å². The average molecular weight is 1050 g/mol. The lowest BCUT2D eigenvalue weighted by Crippen LogP contribution is -2.30. The predicted molar refractivity (Wildman–Crippen MR) is 325 cm³/mol. The molecular formula is C69H126O6. The van der Waals surface area contributed by atoms with Gasteiger partial charge in [0.15, 0.2) is 6.10 Å². The number of carbonyl (C=O) groups excluding carboxylic acids is 3. The van der Waals surface area contributed by atoms with Gasteiger partial charge in [0.2, 0.25) is 0 Å². The van der Waals surface area contributed by atoms with Crippen LogP contribution >= 0.6 is 0 Å². The van der Waals surface area contributed by atoms with Crippen molar-refractivity contribution in [1.29, 1.82) is 0 Å². The van der Waals surface area contributed by atoms with E-state index >= 15 is 0 Å². The van der Waals surface area contributed by atoms with Gasteiger partial charge in [-0.1, -0.05) is 301 Å². The summed E-state index contributed by atoms with van der Waals surface area (Å²) < 4.78 is 16.9. The zero-order chi connectivity index (χ0) is 54.3. The van der Waals surface area contributed by atoms with Crippen LogP contribution in [0.3, 0.4) is 0 Å². The standard InChI is InChI=1S/C69H126O6/c1-4-7-10-13-16-19-22-24-26-28-30-32-34-36-38-40-42-44-47-50-53-56-59-62-68(71)74-65-66(64-73-67(70)61-58-55-52-49-46-21-18-15-12-9-6-3)75-69(72)63-60-57-54-51-48-45-43-41-39-37-35-33-31-29-27-25-23-20-17-14-11-8-5-2/h22-25,28-31,66H,4-21,26-27,32-65H2,1-3H3/b24-22-,25-23-,30-28-,31-29-. The molecule has 438 valence electrons. The number of allylic oxidation sites excluding steroid dienone is 8. The van der Waals surface area contributed by atoms with Crippen molar-refractivity contribution in [2.24, 2.45) is 0 Å². The second-order valence-electron chi connectivity index (χ2n) is 22.4. The van der Waals surface area contributed by atoms with E-state index in [4.69, 9.17) is 14.2 Å². The minimum absolute atomic E-state index is 0.0705. The molecule has 1 atom stereocenters. The highest BCUT2D eigenvalue weighted by atomic mass is 16.6. The van der Waals surface area contributed by atoms with E-state index in [1.54, 1.807) is 0 Å². The lowest BCUT2D eigenvalue weighted by Gasteiger charge is -2.18. The molecule has 0 bridgehead atoms. The summed E-state index contributed by atoms with van der Waals surface area (Å²) in [7, 11) is 0. The third kappa shape index (κ3) is 62.1. The summed E-state index contributed by atoms with van der Waals surface area (Å²) in [5.74, 6) is -0.854. The van der Waals surface area contributed by atoms with Gasteiger partial charge in [0.25, 0.3) is 0 Å². The first-order valence-corrected chi connectivity index (χ1v) is 33.1. The molecule has 0 heterocycles. The summed E-state index contributed by atoms with van der Waals surface area (Å²) in [5.41, 5.74) is 0. The lowest BCUT2D eigenvalue weighted by molar-refractivity contribution is -0.167. The van der Waals surface area contributed by atoms with Crippen molar-refractivity contribution in [1.82, 2.24) is 0 Å². The molecule has 0 aromatic rings. The van der Waals surface area contributed by atoms with Crippen LogP contribution < -0.4 is 0 Å². The van der Waals surface area contributed by atoms with Crippen LogP contribution in [0.2, 0.25) is 0 Å². The molecule has 0 aliphatic rings. The van der Waals surface area contributed by atoms with E-state index in [0.717, 1.165) is 70.6 Å². The van der Waals surface area contributed by atoms with Gasteiger partial charge in [0.05, 0.1) is 0 Å². The third-order valence-electron chi connectivity index (χ3n) is 14.8. The van der Waals surface area contributed by atoms with E-state index < -0.39 is 6.10 Å². The first-order chi connectivity index (χ1) is 37.0. The Morgan fingerprint density at radius 1 is 0.267 bits per heavy atom. The summed E-state index contributed by atoms with van der Waals surface area (Å²) in [6, 6.07) is 0. The molecule has 75 heavy (non-hydrogen) atoms. The van der Waals surface area contributed by atoms with E-state index in [0.29, 0.717) is 19.3 Å². The highest BCUT2D eigenvalue weighted by Crippen LogP contribution is 2.17. The van der Waals surface area contributed by atoms with Gasteiger partial charge in [0, 0.05) is 19.3 Å². The largest absolute Gasteiger partial charge is 0.462 e. The first kappa shape index (κ1) is 72.4. The third-order valence-corrected chi connectivity index (χ3v) is 14.8. The van der Waals surface area contributed by atoms with Crippen molar-refractivity contribution in [2.45, 2.75) is 361 Å². The normalized spacial score (nSPS) is 12.3. The first-order valence-electron chi connectivity index (χ1n) is 33.1. The van der Waals surface area contributed by atoms with E-state index in [-0.39, 0.29) is 31.1 Å². The maximum absolute atomic E-state index is 12.9. The van der Waals surface area contributed by atoms with Gasteiger partial charge in [-0.25, -0.2) is 0 Å². The second-order valence-corrected chi connectivity index (χ2v) is 22.4. The second kappa shape index (κ2) is 63.9. The number of ether oxygens (including phenoxy) is 3. The number of carbonyl (C=O) groups is 3. The summed E-state index contributed by atoms with van der Waals surface area (Å²) in [5, 5.41) is 0. The molecule has 0 amide bonds. The van der Waals surface area contributed by atoms with Gasteiger partial charge in [-0.2, -0.15) is 0 Å². The molecule has 6 nitrogen and oxygen atoms in total. The molecule has 0 rings (SSSR count). The van der Waals surface area contributed by atoms with E-state index in [1.165, 1.54) is 244 Å². The van der Waals surface area contributed by atoms with Gasteiger partial charge < -0.3 is 14.2 Å². The Kier molecular flexibility index (Phi) is 61.7. The number of hydrogen-bond donors (Lipinski definition) is 0. The Labute approximate surface area is 467 Å². The highest BCUT2D eigenvalue weighted by Gasteiger charge is 2.19. The zero-order valence-electron chi connectivity index (χ0n) is 50.3. The number of hydrogen-bond acceptors (Lipinski definition) is 6. The molecule has 0 aliphatic carbocycles. The molecule has 0 aliphatic heterocycles. The molecule has 1 unspecified atom stereocenters. The van der Waals surface area contributed by atoms with Gasteiger partial charge in [-0.05, 0) is 83.5 Å². The Hall–Kier alpha value is -2.63. The molecule has 0 fully saturated rings. The zero-order valence-corrected chi connectivity index (χ0v) is 50.3.